The van der Waals surface area contributed by atoms with Gasteiger partial charge in [0.05, 0.1) is 11.5 Å². The minimum absolute atomic E-state index is 0.141. The van der Waals surface area contributed by atoms with E-state index in [1.165, 1.54) is 6.07 Å². The molecule has 1 saturated heterocycles. The van der Waals surface area contributed by atoms with Crippen LogP contribution >= 0.6 is 0 Å². The molecule has 0 bridgehead atoms. The molecule has 1 heterocycles. The number of benzene rings is 1. The zero-order valence-corrected chi connectivity index (χ0v) is 12.0. The second-order valence-corrected chi connectivity index (χ2v) is 7.39. The fraction of sp³-hybridized carbons (Fsp3) is 0.538. The lowest BCUT2D eigenvalue weighted by Crippen LogP contribution is -2.41. The first-order chi connectivity index (χ1) is 8.80. The standard InChI is InChI=1S/C13H19FN2O2S/c1-9-7-13(11(10(2)15)8-12(9)14)16-3-5-19(17,18)6-4-16/h7-8,10H,3-6,15H2,1-2H3. The molecule has 1 unspecified atom stereocenters. The maximum Gasteiger partial charge on any atom is 0.153 e. The summed E-state index contributed by atoms with van der Waals surface area (Å²) in [6.45, 7) is 4.37. The lowest BCUT2D eigenvalue weighted by molar-refractivity contribution is 0.585. The van der Waals surface area contributed by atoms with Crippen LogP contribution in [-0.4, -0.2) is 33.0 Å². The number of nitrogens with zero attached hydrogens (tertiary/aromatic N) is 1. The zero-order valence-electron chi connectivity index (χ0n) is 11.2. The molecule has 1 atom stereocenters. The third-order valence-electron chi connectivity index (χ3n) is 3.48. The van der Waals surface area contributed by atoms with Crippen LogP contribution in [0.1, 0.15) is 24.1 Å². The lowest BCUT2D eigenvalue weighted by Gasteiger charge is -2.31. The smallest absolute Gasteiger partial charge is 0.153 e. The molecular weight excluding hydrogens is 267 g/mol. The molecule has 0 aromatic heterocycles. The summed E-state index contributed by atoms with van der Waals surface area (Å²) in [6, 6.07) is 2.92. The van der Waals surface area contributed by atoms with Crippen molar-refractivity contribution in [3.05, 3.63) is 29.1 Å². The van der Waals surface area contributed by atoms with Gasteiger partial charge in [-0.15, -0.1) is 0 Å². The monoisotopic (exact) mass is 286 g/mol. The molecule has 0 amide bonds. The molecule has 106 valence electrons. The molecule has 1 aliphatic rings. The van der Waals surface area contributed by atoms with Crippen molar-refractivity contribution < 1.29 is 12.8 Å². The maximum absolute atomic E-state index is 13.6. The third-order valence-corrected chi connectivity index (χ3v) is 5.09. The van der Waals surface area contributed by atoms with Gasteiger partial charge in [-0.2, -0.15) is 0 Å². The second kappa shape index (κ2) is 5.09. The Kier molecular flexibility index (Phi) is 3.82. The van der Waals surface area contributed by atoms with Gasteiger partial charge in [-0.05, 0) is 37.1 Å². The highest BCUT2D eigenvalue weighted by Gasteiger charge is 2.24. The van der Waals surface area contributed by atoms with E-state index in [9.17, 15) is 12.8 Å². The summed E-state index contributed by atoms with van der Waals surface area (Å²) in [4.78, 5) is 1.98. The number of anilines is 1. The average molecular weight is 286 g/mol. The largest absolute Gasteiger partial charge is 0.369 e. The molecule has 1 aromatic rings. The topological polar surface area (TPSA) is 63.4 Å². The number of hydrogen-bond donors (Lipinski definition) is 1. The Morgan fingerprint density at radius 1 is 1.32 bits per heavy atom. The highest BCUT2D eigenvalue weighted by atomic mass is 32.2. The van der Waals surface area contributed by atoms with E-state index in [1.807, 2.05) is 4.90 Å². The van der Waals surface area contributed by atoms with Crippen molar-refractivity contribution in [1.29, 1.82) is 0 Å². The van der Waals surface area contributed by atoms with Crippen molar-refractivity contribution in [3.8, 4) is 0 Å². The Balaban J connectivity index is 2.36. The molecule has 0 aliphatic carbocycles. The van der Waals surface area contributed by atoms with Gasteiger partial charge in [-0.1, -0.05) is 0 Å². The summed E-state index contributed by atoms with van der Waals surface area (Å²) in [6.07, 6.45) is 0. The van der Waals surface area contributed by atoms with Crippen molar-refractivity contribution in [1.82, 2.24) is 0 Å². The number of aryl methyl sites for hydroxylation is 1. The average Bonchev–Trinajstić information content (AvgIpc) is 2.32. The van der Waals surface area contributed by atoms with E-state index in [0.29, 0.717) is 18.7 Å². The molecule has 2 rings (SSSR count). The SMILES string of the molecule is Cc1cc(N2CCS(=O)(=O)CC2)c(C(C)N)cc1F. The van der Waals surface area contributed by atoms with Crippen LogP contribution < -0.4 is 10.6 Å². The van der Waals surface area contributed by atoms with E-state index in [0.717, 1.165) is 11.3 Å². The lowest BCUT2D eigenvalue weighted by atomic mass is 10.0. The summed E-state index contributed by atoms with van der Waals surface area (Å²) in [5, 5.41) is 0. The van der Waals surface area contributed by atoms with E-state index in [4.69, 9.17) is 5.73 Å². The van der Waals surface area contributed by atoms with Crippen LogP contribution in [0.4, 0.5) is 10.1 Å². The first-order valence-corrected chi connectivity index (χ1v) is 8.13. The Morgan fingerprint density at radius 3 is 2.42 bits per heavy atom. The second-order valence-electron chi connectivity index (χ2n) is 5.09. The predicted octanol–water partition coefficient (Wildman–Crippen LogP) is 1.39. The van der Waals surface area contributed by atoms with Crippen LogP contribution in [0.2, 0.25) is 0 Å². The molecule has 0 radical (unpaired) electrons. The molecule has 0 spiro atoms. The molecule has 19 heavy (non-hydrogen) atoms. The van der Waals surface area contributed by atoms with Crippen LogP contribution in [0, 0.1) is 12.7 Å². The Labute approximate surface area is 113 Å². The van der Waals surface area contributed by atoms with Gasteiger partial charge in [0.15, 0.2) is 9.84 Å². The van der Waals surface area contributed by atoms with Crippen molar-refractivity contribution in [2.24, 2.45) is 5.73 Å². The first-order valence-electron chi connectivity index (χ1n) is 6.31. The number of halogens is 1. The number of sulfone groups is 1. The van der Waals surface area contributed by atoms with Gasteiger partial charge in [0.1, 0.15) is 5.82 Å². The van der Waals surface area contributed by atoms with Crippen molar-refractivity contribution in [3.63, 3.8) is 0 Å². The van der Waals surface area contributed by atoms with Gasteiger partial charge in [-0.3, -0.25) is 0 Å². The molecule has 1 aliphatic heterocycles. The van der Waals surface area contributed by atoms with Gasteiger partial charge < -0.3 is 10.6 Å². The molecule has 1 fully saturated rings. The molecule has 6 heteroatoms. The van der Waals surface area contributed by atoms with Gasteiger partial charge in [0.2, 0.25) is 0 Å². The first kappa shape index (κ1) is 14.3. The predicted molar refractivity (Wildman–Crippen MR) is 74.6 cm³/mol. The molecule has 4 nitrogen and oxygen atoms in total. The minimum atomic E-state index is -2.92. The molecule has 2 N–H and O–H groups in total. The third kappa shape index (κ3) is 3.06. The van der Waals surface area contributed by atoms with Crippen molar-refractivity contribution >= 4 is 15.5 Å². The summed E-state index contributed by atoms with van der Waals surface area (Å²) in [5.74, 6) is 0.00423. The van der Waals surface area contributed by atoms with Crippen LogP contribution in [0.15, 0.2) is 12.1 Å². The van der Waals surface area contributed by atoms with Gasteiger partial charge in [0.25, 0.3) is 0 Å². The highest BCUT2D eigenvalue weighted by molar-refractivity contribution is 7.91. The van der Waals surface area contributed by atoms with Crippen LogP contribution in [0.3, 0.4) is 0 Å². The van der Waals surface area contributed by atoms with Crippen molar-refractivity contribution in [2.45, 2.75) is 19.9 Å². The zero-order chi connectivity index (χ0) is 14.2. The number of rotatable bonds is 2. The Bertz CT molecular complexity index is 571. The number of hydrogen-bond acceptors (Lipinski definition) is 4. The van der Waals surface area contributed by atoms with Crippen LogP contribution in [-0.2, 0) is 9.84 Å². The van der Waals surface area contributed by atoms with E-state index < -0.39 is 9.84 Å². The fourth-order valence-electron chi connectivity index (χ4n) is 2.27. The Morgan fingerprint density at radius 2 is 1.89 bits per heavy atom. The highest BCUT2D eigenvalue weighted by Crippen LogP contribution is 2.29. The molecular formula is C13H19FN2O2S. The van der Waals surface area contributed by atoms with Gasteiger partial charge in [0, 0.05) is 24.8 Å². The number of nitrogens with two attached hydrogens (primary N) is 1. The summed E-state index contributed by atoms with van der Waals surface area (Å²) in [7, 11) is -2.92. The summed E-state index contributed by atoms with van der Waals surface area (Å²) in [5.41, 5.74) is 8.01. The quantitative estimate of drug-likeness (QED) is 0.892. The van der Waals surface area contributed by atoms with E-state index in [1.54, 1.807) is 19.9 Å². The normalized spacial score (nSPS) is 20.3. The Hall–Kier alpha value is -1.14. The molecule has 1 aromatic carbocycles. The van der Waals surface area contributed by atoms with E-state index >= 15 is 0 Å². The van der Waals surface area contributed by atoms with Crippen LogP contribution in [0.25, 0.3) is 0 Å². The van der Waals surface area contributed by atoms with Crippen LogP contribution in [0.5, 0.6) is 0 Å². The maximum atomic E-state index is 13.6. The van der Waals surface area contributed by atoms with Crippen molar-refractivity contribution in [2.75, 3.05) is 29.5 Å². The fourth-order valence-corrected chi connectivity index (χ4v) is 3.47. The molecule has 0 saturated carbocycles. The van der Waals surface area contributed by atoms with Gasteiger partial charge >= 0.3 is 0 Å². The van der Waals surface area contributed by atoms with Gasteiger partial charge in [-0.25, -0.2) is 12.8 Å². The minimum Gasteiger partial charge on any atom is -0.369 e. The van der Waals surface area contributed by atoms with E-state index in [-0.39, 0.29) is 23.4 Å². The summed E-state index contributed by atoms with van der Waals surface area (Å²) < 4.78 is 36.6. The summed E-state index contributed by atoms with van der Waals surface area (Å²) >= 11 is 0. The van der Waals surface area contributed by atoms with E-state index in [2.05, 4.69) is 0 Å².